The third kappa shape index (κ3) is 4.04. The van der Waals surface area contributed by atoms with Crippen LogP contribution >= 0.6 is 11.6 Å². The maximum atomic E-state index is 12.5. The Morgan fingerprint density at radius 3 is 2.64 bits per heavy atom. The summed E-state index contributed by atoms with van der Waals surface area (Å²) in [4.78, 5) is 21.7. The van der Waals surface area contributed by atoms with E-state index in [1.54, 1.807) is 25.1 Å². The van der Waals surface area contributed by atoms with Gasteiger partial charge in [0.15, 0.2) is 0 Å². The molecular weight excluding hydrogens is 378 g/mol. The summed E-state index contributed by atoms with van der Waals surface area (Å²) in [6.45, 7) is 3.84. The fraction of sp³-hybridized carbons (Fsp3) is 0.350. The third-order valence-corrected chi connectivity index (χ3v) is 5.10. The Labute approximate surface area is 168 Å². The Balaban J connectivity index is 1.39. The van der Waals surface area contributed by atoms with Crippen LogP contribution in [-0.4, -0.2) is 40.3 Å². The van der Waals surface area contributed by atoms with Crippen molar-refractivity contribution in [2.24, 2.45) is 0 Å². The first-order valence-electron chi connectivity index (χ1n) is 9.44. The van der Waals surface area contributed by atoms with E-state index in [9.17, 15) is 4.79 Å². The molecule has 1 aliphatic rings. The number of benzene rings is 2. The Bertz CT molecular complexity index is 966. The number of aromatic nitrogens is 3. The molecule has 0 spiro atoms. The number of hydrogen-bond donors (Lipinski definition) is 1. The minimum atomic E-state index is -0.759. The van der Waals surface area contributed by atoms with Crippen LogP contribution in [0.1, 0.15) is 26.2 Å². The number of nitrogens with zero attached hydrogens (tertiary/aromatic N) is 4. The van der Waals surface area contributed by atoms with Crippen LogP contribution in [0.5, 0.6) is 0 Å². The van der Waals surface area contributed by atoms with Gasteiger partial charge < -0.3 is 15.1 Å². The molecular formula is C20H22ClN5O2. The van der Waals surface area contributed by atoms with Crippen LogP contribution < -0.4 is 15.1 Å². The summed E-state index contributed by atoms with van der Waals surface area (Å²) in [5, 5.41) is 11.4. The highest BCUT2D eigenvalue weighted by atomic mass is 35.5. The SMILES string of the molecule is C[C@@H](On1nnc2ccc(Cl)cc21)C(=O)Nc1ccc(N2CCCCC2)cc1. The first kappa shape index (κ1) is 18.6. The Morgan fingerprint density at radius 2 is 1.89 bits per heavy atom. The fourth-order valence-electron chi connectivity index (χ4n) is 3.30. The van der Waals surface area contributed by atoms with E-state index in [0.717, 1.165) is 18.8 Å². The van der Waals surface area contributed by atoms with Crippen molar-refractivity contribution in [3.63, 3.8) is 0 Å². The Morgan fingerprint density at radius 1 is 1.14 bits per heavy atom. The second kappa shape index (κ2) is 8.06. The van der Waals surface area contributed by atoms with E-state index in [0.29, 0.717) is 16.1 Å². The Kier molecular flexibility index (Phi) is 5.34. The molecule has 0 radical (unpaired) electrons. The number of hydrogen-bond acceptors (Lipinski definition) is 5. The van der Waals surface area contributed by atoms with Crippen LogP contribution in [0, 0.1) is 0 Å². The molecule has 1 atom stereocenters. The van der Waals surface area contributed by atoms with E-state index in [1.807, 2.05) is 24.3 Å². The van der Waals surface area contributed by atoms with E-state index >= 15 is 0 Å². The van der Waals surface area contributed by atoms with Crippen LogP contribution in [0.2, 0.25) is 5.02 Å². The fourth-order valence-corrected chi connectivity index (χ4v) is 3.46. The largest absolute Gasteiger partial charge is 0.382 e. The third-order valence-electron chi connectivity index (χ3n) is 4.86. The molecule has 1 aliphatic heterocycles. The zero-order valence-electron chi connectivity index (χ0n) is 15.6. The number of rotatable bonds is 5. The molecule has 2 heterocycles. The highest BCUT2D eigenvalue weighted by Crippen LogP contribution is 2.22. The van der Waals surface area contributed by atoms with Crippen LogP contribution in [0.4, 0.5) is 11.4 Å². The molecule has 28 heavy (non-hydrogen) atoms. The van der Waals surface area contributed by atoms with Crippen molar-refractivity contribution in [3.8, 4) is 0 Å². The van der Waals surface area contributed by atoms with Crippen molar-refractivity contribution in [1.29, 1.82) is 0 Å². The summed E-state index contributed by atoms with van der Waals surface area (Å²) in [6.07, 6.45) is 3.01. The number of nitrogens with one attached hydrogen (secondary N) is 1. The van der Waals surface area contributed by atoms with E-state index in [-0.39, 0.29) is 5.91 Å². The number of halogens is 1. The van der Waals surface area contributed by atoms with Gasteiger partial charge in [0.25, 0.3) is 5.91 Å². The summed E-state index contributed by atoms with van der Waals surface area (Å²) >= 11 is 6.02. The number of carbonyl (C=O) groups excluding carboxylic acids is 1. The van der Waals surface area contributed by atoms with E-state index in [2.05, 4.69) is 20.5 Å². The predicted octanol–water partition coefficient (Wildman–Crippen LogP) is 3.53. The standard InChI is InChI=1S/C20H22ClN5O2/c1-14(28-26-19-13-15(21)5-10-18(19)23-24-26)20(27)22-16-6-8-17(9-7-16)25-11-3-2-4-12-25/h5-10,13-14H,2-4,11-12H2,1H3,(H,22,27)/t14-/m1/s1. The first-order chi connectivity index (χ1) is 13.6. The predicted molar refractivity (Wildman–Crippen MR) is 110 cm³/mol. The lowest BCUT2D eigenvalue weighted by atomic mass is 10.1. The highest BCUT2D eigenvalue weighted by molar-refractivity contribution is 6.31. The second-order valence-corrected chi connectivity index (χ2v) is 7.36. The van der Waals surface area contributed by atoms with E-state index < -0.39 is 6.10 Å². The molecule has 4 rings (SSSR count). The molecule has 1 N–H and O–H groups in total. The number of anilines is 2. The highest BCUT2D eigenvalue weighted by Gasteiger charge is 2.18. The summed E-state index contributed by atoms with van der Waals surface area (Å²) in [5.41, 5.74) is 3.17. The topological polar surface area (TPSA) is 72.3 Å². The minimum Gasteiger partial charge on any atom is -0.382 e. The molecule has 3 aromatic rings. The molecule has 8 heteroatoms. The van der Waals surface area contributed by atoms with Crippen molar-refractivity contribution >= 4 is 39.9 Å². The lowest BCUT2D eigenvalue weighted by Gasteiger charge is -2.28. The molecule has 1 fully saturated rings. The molecule has 1 amide bonds. The van der Waals surface area contributed by atoms with Gasteiger partial charge in [-0.05, 0) is 73.9 Å². The second-order valence-electron chi connectivity index (χ2n) is 6.93. The van der Waals surface area contributed by atoms with Crippen molar-refractivity contribution in [1.82, 2.24) is 15.2 Å². The van der Waals surface area contributed by atoms with Crippen LogP contribution in [0.15, 0.2) is 42.5 Å². The summed E-state index contributed by atoms with van der Waals surface area (Å²) in [7, 11) is 0. The quantitative estimate of drug-likeness (QED) is 0.710. The molecule has 0 aliphatic carbocycles. The van der Waals surface area contributed by atoms with Gasteiger partial charge in [0.05, 0.1) is 0 Å². The number of amides is 1. The van der Waals surface area contributed by atoms with Gasteiger partial charge in [-0.25, -0.2) is 0 Å². The lowest BCUT2D eigenvalue weighted by Crippen LogP contribution is -2.35. The lowest BCUT2D eigenvalue weighted by molar-refractivity contribution is -0.127. The molecule has 0 saturated carbocycles. The normalized spacial score (nSPS) is 15.4. The van der Waals surface area contributed by atoms with Crippen LogP contribution in [0.25, 0.3) is 11.0 Å². The molecule has 146 valence electrons. The average Bonchev–Trinajstić information content (AvgIpc) is 3.11. The van der Waals surface area contributed by atoms with Gasteiger partial charge in [-0.1, -0.05) is 16.4 Å². The van der Waals surface area contributed by atoms with Gasteiger partial charge in [-0.15, -0.1) is 5.10 Å². The van der Waals surface area contributed by atoms with Gasteiger partial charge in [-0.3, -0.25) is 4.79 Å². The van der Waals surface area contributed by atoms with E-state index in [1.165, 1.54) is 29.8 Å². The van der Waals surface area contributed by atoms with Gasteiger partial charge >= 0.3 is 0 Å². The van der Waals surface area contributed by atoms with Gasteiger partial charge in [-0.2, -0.15) is 0 Å². The van der Waals surface area contributed by atoms with Crippen molar-refractivity contribution < 1.29 is 9.63 Å². The van der Waals surface area contributed by atoms with Gasteiger partial charge in [0, 0.05) is 29.5 Å². The number of piperidine rings is 1. The number of fused-ring (bicyclic) bond motifs is 1. The molecule has 0 unspecified atom stereocenters. The zero-order chi connectivity index (χ0) is 19.5. The molecule has 0 bridgehead atoms. The van der Waals surface area contributed by atoms with Crippen molar-refractivity contribution in [2.45, 2.75) is 32.3 Å². The maximum Gasteiger partial charge on any atom is 0.267 e. The maximum absolute atomic E-state index is 12.5. The molecule has 1 saturated heterocycles. The minimum absolute atomic E-state index is 0.267. The average molecular weight is 400 g/mol. The first-order valence-corrected chi connectivity index (χ1v) is 9.82. The molecule has 2 aromatic carbocycles. The smallest absolute Gasteiger partial charge is 0.267 e. The monoisotopic (exact) mass is 399 g/mol. The molecule has 1 aromatic heterocycles. The zero-order valence-corrected chi connectivity index (χ0v) is 16.4. The summed E-state index contributed by atoms with van der Waals surface area (Å²) in [5.74, 6) is -0.267. The van der Waals surface area contributed by atoms with E-state index in [4.69, 9.17) is 16.4 Å². The van der Waals surface area contributed by atoms with Crippen molar-refractivity contribution in [2.75, 3.05) is 23.3 Å². The van der Waals surface area contributed by atoms with Gasteiger partial charge in [0.1, 0.15) is 11.0 Å². The summed E-state index contributed by atoms with van der Waals surface area (Å²) < 4.78 is 0. The van der Waals surface area contributed by atoms with Gasteiger partial charge in [0.2, 0.25) is 6.10 Å². The van der Waals surface area contributed by atoms with Crippen molar-refractivity contribution in [3.05, 3.63) is 47.5 Å². The summed E-state index contributed by atoms with van der Waals surface area (Å²) in [6, 6.07) is 13.1. The Hall–Kier alpha value is -2.80. The molecule has 7 nitrogen and oxygen atoms in total. The van der Waals surface area contributed by atoms with Crippen LogP contribution in [-0.2, 0) is 4.79 Å². The van der Waals surface area contributed by atoms with Crippen LogP contribution in [0.3, 0.4) is 0 Å². The number of carbonyl (C=O) groups is 1.